The van der Waals surface area contributed by atoms with Gasteiger partial charge in [-0.25, -0.2) is 0 Å². The monoisotopic (exact) mass is 246 g/mol. The molecule has 0 N–H and O–H groups in total. The van der Waals surface area contributed by atoms with Gasteiger partial charge in [-0.3, -0.25) is 4.79 Å². The fourth-order valence-electron chi connectivity index (χ4n) is 1.94. The van der Waals surface area contributed by atoms with Crippen LogP contribution >= 0.6 is 0 Å². The van der Waals surface area contributed by atoms with E-state index >= 15 is 0 Å². The number of hydrogen-bond donors (Lipinski definition) is 0. The predicted molar refractivity (Wildman–Crippen MR) is 75.0 cm³/mol. The molecule has 0 unspecified atom stereocenters. The zero-order valence-corrected chi connectivity index (χ0v) is 11.2. The first kappa shape index (κ1) is 14.5. The van der Waals surface area contributed by atoms with Crippen LogP contribution in [0.15, 0.2) is 36.9 Å². The smallest absolute Gasteiger partial charge is 0.137 e. The van der Waals surface area contributed by atoms with E-state index < -0.39 is 0 Å². The van der Waals surface area contributed by atoms with Crippen LogP contribution in [-0.4, -0.2) is 12.9 Å². The van der Waals surface area contributed by atoms with Crippen molar-refractivity contribution < 1.29 is 9.53 Å². The van der Waals surface area contributed by atoms with E-state index in [1.54, 1.807) is 7.11 Å². The molecule has 0 fully saturated rings. The Balaban J connectivity index is 2.33. The van der Waals surface area contributed by atoms with Crippen molar-refractivity contribution in [2.75, 3.05) is 7.11 Å². The van der Waals surface area contributed by atoms with Gasteiger partial charge in [0.25, 0.3) is 0 Å². The summed E-state index contributed by atoms with van der Waals surface area (Å²) in [5, 5.41) is 0. The number of allylic oxidation sites excluding steroid dienone is 1. The van der Waals surface area contributed by atoms with E-state index in [9.17, 15) is 4.79 Å². The first-order valence-electron chi connectivity index (χ1n) is 6.52. The second kappa shape index (κ2) is 8.51. The Morgan fingerprint density at radius 1 is 1.28 bits per heavy atom. The Morgan fingerprint density at radius 3 is 2.78 bits per heavy atom. The number of benzene rings is 1. The molecular weight excluding hydrogens is 224 g/mol. The maximum absolute atomic E-state index is 11.8. The van der Waals surface area contributed by atoms with Crippen molar-refractivity contribution in [3.8, 4) is 5.75 Å². The number of ether oxygens (including phenoxy) is 1. The van der Waals surface area contributed by atoms with E-state index in [0.717, 1.165) is 37.0 Å². The molecular formula is C16H22O2. The molecule has 0 saturated heterocycles. The average Bonchev–Trinajstić information content (AvgIpc) is 2.39. The Labute approximate surface area is 110 Å². The van der Waals surface area contributed by atoms with E-state index in [4.69, 9.17) is 4.74 Å². The molecule has 0 bridgehead atoms. The molecule has 0 atom stereocenters. The van der Waals surface area contributed by atoms with Crippen LogP contribution in [0.1, 0.15) is 37.7 Å². The molecule has 1 aromatic carbocycles. The minimum Gasteiger partial charge on any atom is -0.496 e. The van der Waals surface area contributed by atoms with E-state index in [1.807, 2.05) is 30.3 Å². The Kier molecular flexibility index (Phi) is 6.85. The van der Waals surface area contributed by atoms with Crippen molar-refractivity contribution in [2.24, 2.45) is 0 Å². The second-order valence-corrected chi connectivity index (χ2v) is 4.42. The fraction of sp³-hybridized carbons (Fsp3) is 0.438. The number of methoxy groups -OCH3 is 1. The number of hydrogen-bond acceptors (Lipinski definition) is 2. The summed E-state index contributed by atoms with van der Waals surface area (Å²) in [6, 6.07) is 7.71. The summed E-state index contributed by atoms with van der Waals surface area (Å²) in [5.41, 5.74) is 0.982. The van der Waals surface area contributed by atoms with Gasteiger partial charge in [0.05, 0.1) is 7.11 Å². The lowest BCUT2D eigenvalue weighted by Crippen LogP contribution is -2.04. The highest BCUT2D eigenvalue weighted by Crippen LogP contribution is 2.18. The lowest BCUT2D eigenvalue weighted by molar-refractivity contribution is -0.118. The normalized spacial score (nSPS) is 10.1. The van der Waals surface area contributed by atoms with Gasteiger partial charge in [0.15, 0.2) is 0 Å². The Morgan fingerprint density at radius 2 is 2.06 bits per heavy atom. The summed E-state index contributed by atoms with van der Waals surface area (Å²) in [6.45, 7) is 3.69. The van der Waals surface area contributed by atoms with Gasteiger partial charge in [0, 0.05) is 18.4 Å². The summed E-state index contributed by atoms with van der Waals surface area (Å²) in [4.78, 5) is 11.8. The molecule has 0 aliphatic carbocycles. The molecule has 18 heavy (non-hydrogen) atoms. The zero-order chi connectivity index (χ0) is 13.2. The highest BCUT2D eigenvalue weighted by molar-refractivity contribution is 5.81. The summed E-state index contributed by atoms with van der Waals surface area (Å²) in [6.07, 6.45) is 7.31. The topological polar surface area (TPSA) is 26.3 Å². The van der Waals surface area contributed by atoms with Crippen LogP contribution in [0.5, 0.6) is 5.75 Å². The average molecular weight is 246 g/mol. The van der Waals surface area contributed by atoms with Crippen LogP contribution in [0.2, 0.25) is 0 Å². The van der Waals surface area contributed by atoms with Crippen LogP contribution in [0.3, 0.4) is 0 Å². The van der Waals surface area contributed by atoms with Gasteiger partial charge in [0.1, 0.15) is 11.5 Å². The molecule has 0 aromatic heterocycles. The van der Waals surface area contributed by atoms with Crippen molar-refractivity contribution in [2.45, 2.75) is 38.5 Å². The van der Waals surface area contributed by atoms with Gasteiger partial charge in [-0.15, -0.1) is 6.58 Å². The summed E-state index contributed by atoms with van der Waals surface area (Å²) >= 11 is 0. The third kappa shape index (κ3) is 5.17. The van der Waals surface area contributed by atoms with Gasteiger partial charge in [-0.1, -0.05) is 30.7 Å². The highest BCUT2D eigenvalue weighted by Gasteiger charge is 2.07. The zero-order valence-electron chi connectivity index (χ0n) is 11.2. The van der Waals surface area contributed by atoms with Crippen LogP contribution in [0, 0.1) is 0 Å². The Bertz CT molecular complexity index is 382. The molecule has 0 radical (unpaired) electrons. The number of carbonyl (C=O) groups is 1. The van der Waals surface area contributed by atoms with Gasteiger partial charge >= 0.3 is 0 Å². The minimum atomic E-state index is 0.290. The highest BCUT2D eigenvalue weighted by atomic mass is 16.5. The van der Waals surface area contributed by atoms with Crippen LogP contribution in [-0.2, 0) is 11.2 Å². The Hall–Kier alpha value is -1.57. The van der Waals surface area contributed by atoms with Crippen molar-refractivity contribution >= 4 is 5.78 Å². The van der Waals surface area contributed by atoms with Crippen LogP contribution in [0.4, 0.5) is 0 Å². The molecule has 0 aliphatic rings. The molecule has 0 spiro atoms. The third-order valence-corrected chi connectivity index (χ3v) is 2.94. The van der Waals surface area contributed by atoms with Crippen molar-refractivity contribution in [1.29, 1.82) is 0 Å². The number of Topliss-reactive ketones (excluding diaryl/α,β-unsaturated/α-hetero) is 1. The minimum absolute atomic E-state index is 0.290. The number of unbranched alkanes of at least 4 members (excludes halogenated alkanes) is 3. The number of rotatable bonds is 9. The van der Waals surface area contributed by atoms with Crippen molar-refractivity contribution in [1.82, 2.24) is 0 Å². The van der Waals surface area contributed by atoms with Gasteiger partial charge in [-0.05, 0) is 25.3 Å². The number of carbonyl (C=O) groups excluding carboxylic acids is 1. The second-order valence-electron chi connectivity index (χ2n) is 4.42. The molecule has 2 heteroatoms. The maximum atomic E-state index is 11.8. The molecule has 0 aliphatic heterocycles. The molecule has 1 aromatic rings. The van der Waals surface area contributed by atoms with Crippen molar-refractivity contribution in [3.05, 3.63) is 42.5 Å². The summed E-state index contributed by atoms with van der Waals surface area (Å²) in [5.74, 6) is 1.09. The van der Waals surface area contributed by atoms with E-state index in [0.29, 0.717) is 12.8 Å². The SMILES string of the molecule is C=CCCCCCC(=O)Cc1ccccc1OC. The van der Waals surface area contributed by atoms with Gasteiger partial charge < -0.3 is 4.74 Å². The lowest BCUT2D eigenvalue weighted by Gasteiger charge is -2.07. The summed E-state index contributed by atoms with van der Waals surface area (Å²) < 4.78 is 5.24. The molecule has 98 valence electrons. The summed E-state index contributed by atoms with van der Waals surface area (Å²) in [7, 11) is 1.64. The predicted octanol–water partition coefficient (Wildman–Crippen LogP) is 3.94. The lowest BCUT2D eigenvalue weighted by atomic mass is 10.0. The first-order valence-corrected chi connectivity index (χ1v) is 6.52. The van der Waals surface area contributed by atoms with Gasteiger partial charge in [0.2, 0.25) is 0 Å². The van der Waals surface area contributed by atoms with Crippen LogP contribution < -0.4 is 4.74 Å². The van der Waals surface area contributed by atoms with E-state index in [2.05, 4.69) is 6.58 Å². The fourth-order valence-corrected chi connectivity index (χ4v) is 1.94. The maximum Gasteiger partial charge on any atom is 0.137 e. The number of para-hydroxylation sites is 1. The largest absolute Gasteiger partial charge is 0.496 e. The molecule has 2 nitrogen and oxygen atoms in total. The van der Waals surface area contributed by atoms with Crippen LogP contribution in [0.25, 0.3) is 0 Å². The van der Waals surface area contributed by atoms with E-state index in [1.165, 1.54) is 0 Å². The molecule has 0 heterocycles. The molecule has 0 amide bonds. The third-order valence-electron chi connectivity index (χ3n) is 2.94. The van der Waals surface area contributed by atoms with E-state index in [-0.39, 0.29) is 5.78 Å². The molecule has 0 saturated carbocycles. The standard InChI is InChI=1S/C16H22O2/c1-3-4-5-6-7-11-15(17)13-14-10-8-9-12-16(14)18-2/h3,8-10,12H,1,4-7,11,13H2,2H3. The van der Waals surface area contributed by atoms with Crippen molar-refractivity contribution in [3.63, 3.8) is 0 Å². The quantitative estimate of drug-likeness (QED) is 0.487. The van der Waals surface area contributed by atoms with Gasteiger partial charge in [-0.2, -0.15) is 0 Å². The first-order chi connectivity index (χ1) is 8.77. The number of ketones is 1. The molecule has 1 rings (SSSR count).